The second-order valence-electron chi connectivity index (χ2n) is 5.97. The quantitative estimate of drug-likeness (QED) is 0.524. The summed E-state index contributed by atoms with van der Waals surface area (Å²) >= 11 is 0. The van der Waals surface area contributed by atoms with Crippen molar-refractivity contribution >= 4 is 0 Å². The molecule has 0 aliphatic heterocycles. The third kappa shape index (κ3) is 3.35. The summed E-state index contributed by atoms with van der Waals surface area (Å²) in [4.78, 5) is 13.7. The first-order valence-corrected chi connectivity index (χ1v) is 8.68. The number of hydrogen-bond acceptors (Lipinski definition) is 3. The van der Waals surface area contributed by atoms with Crippen molar-refractivity contribution in [3.63, 3.8) is 0 Å². The average Bonchev–Trinajstić information content (AvgIpc) is 2.75. The van der Waals surface area contributed by atoms with E-state index in [1.807, 2.05) is 36.4 Å². The first-order valence-electron chi connectivity index (χ1n) is 8.68. The number of hydrogen-bond donors (Lipinski definition) is 0. The van der Waals surface area contributed by atoms with Gasteiger partial charge in [0.1, 0.15) is 6.54 Å². The van der Waals surface area contributed by atoms with Crippen LogP contribution in [0.25, 0.3) is 33.9 Å². The summed E-state index contributed by atoms with van der Waals surface area (Å²) < 4.78 is 2.14. The molecule has 0 spiro atoms. The van der Waals surface area contributed by atoms with Crippen molar-refractivity contribution in [1.82, 2.24) is 15.0 Å². The van der Waals surface area contributed by atoms with Crippen LogP contribution in [0.2, 0.25) is 0 Å². The molecule has 0 aromatic carbocycles. The summed E-state index contributed by atoms with van der Waals surface area (Å²) in [5.74, 6) is 0. The van der Waals surface area contributed by atoms with Crippen molar-refractivity contribution in [2.24, 2.45) is 0 Å². The number of aromatic nitrogens is 4. The normalized spacial score (nSPS) is 10.7. The number of nitrogens with zero attached hydrogens (tertiary/aromatic N) is 4. The maximum atomic E-state index is 4.80. The Morgan fingerprint density at radius 1 is 0.692 bits per heavy atom. The number of rotatable bonds is 4. The van der Waals surface area contributed by atoms with Crippen molar-refractivity contribution in [3.8, 4) is 33.9 Å². The molecule has 4 heterocycles. The molecule has 0 aliphatic carbocycles. The van der Waals surface area contributed by atoms with Gasteiger partial charge in [0.25, 0.3) is 0 Å². The zero-order chi connectivity index (χ0) is 17.8. The van der Waals surface area contributed by atoms with E-state index >= 15 is 0 Å². The Bertz CT molecular complexity index is 939. The molecule has 4 nitrogen and oxygen atoms in total. The molecule has 126 valence electrons. The Labute approximate surface area is 152 Å². The largest absolute Gasteiger partial charge is 0.255 e. The molecule has 26 heavy (non-hydrogen) atoms. The van der Waals surface area contributed by atoms with E-state index in [2.05, 4.69) is 58.1 Å². The fourth-order valence-corrected chi connectivity index (χ4v) is 2.85. The van der Waals surface area contributed by atoms with E-state index < -0.39 is 0 Å². The molecule has 0 N–H and O–H groups in total. The van der Waals surface area contributed by atoms with Gasteiger partial charge in [0, 0.05) is 24.5 Å². The van der Waals surface area contributed by atoms with E-state index in [0.29, 0.717) is 0 Å². The maximum Gasteiger partial charge on any atom is 0.169 e. The number of aryl methyl sites for hydroxylation is 1. The van der Waals surface area contributed by atoms with Gasteiger partial charge in [-0.15, -0.1) is 0 Å². The molecule has 0 atom stereocenters. The Kier molecular flexibility index (Phi) is 4.48. The summed E-state index contributed by atoms with van der Waals surface area (Å²) in [5.41, 5.74) is 5.64. The Hall–Kier alpha value is -3.40. The zero-order valence-electron chi connectivity index (χ0n) is 14.6. The van der Waals surface area contributed by atoms with Gasteiger partial charge in [-0.3, -0.25) is 9.97 Å². The highest BCUT2D eigenvalue weighted by atomic mass is 14.9. The monoisotopic (exact) mass is 339 g/mol. The van der Waals surface area contributed by atoms with Gasteiger partial charge < -0.3 is 0 Å². The molecule has 0 amide bonds. The van der Waals surface area contributed by atoms with Crippen LogP contribution in [0.4, 0.5) is 0 Å². The highest BCUT2D eigenvalue weighted by Gasteiger charge is 2.11. The van der Waals surface area contributed by atoms with Gasteiger partial charge in [-0.05, 0) is 54.4 Å². The third-order valence-electron chi connectivity index (χ3n) is 4.27. The molecule has 0 unspecified atom stereocenters. The van der Waals surface area contributed by atoms with Gasteiger partial charge in [0.2, 0.25) is 0 Å². The minimum atomic E-state index is 0.843. The van der Waals surface area contributed by atoms with Crippen LogP contribution < -0.4 is 4.57 Å². The van der Waals surface area contributed by atoms with Crippen LogP contribution in [0, 0.1) is 0 Å². The molecule has 0 fully saturated rings. The van der Waals surface area contributed by atoms with Crippen LogP contribution in [0.5, 0.6) is 0 Å². The first-order chi connectivity index (χ1) is 12.8. The van der Waals surface area contributed by atoms with E-state index in [1.54, 1.807) is 12.4 Å². The summed E-state index contributed by atoms with van der Waals surface area (Å²) in [6.07, 6.45) is 7.76. The molecule has 4 aromatic heterocycles. The van der Waals surface area contributed by atoms with Crippen LogP contribution in [-0.4, -0.2) is 15.0 Å². The Morgan fingerprint density at radius 3 is 1.73 bits per heavy atom. The molecule has 0 bridgehead atoms. The third-order valence-corrected chi connectivity index (χ3v) is 4.27. The minimum Gasteiger partial charge on any atom is -0.255 e. The second-order valence-corrected chi connectivity index (χ2v) is 5.97. The van der Waals surface area contributed by atoms with Gasteiger partial charge in [0.15, 0.2) is 12.4 Å². The summed E-state index contributed by atoms with van der Waals surface area (Å²) in [6.45, 7) is 3.08. The van der Waals surface area contributed by atoms with Crippen molar-refractivity contribution < 1.29 is 4.57 Å². The average molecular weight is 339 g/mol. The fourth-order valence-electron chi connectivity index (χ4n) is 2.85. The van der Waals surface area contributed by atoms with Crippen LogP contribution >= 0.6 is 0 Å². The molecule has 0 aliphatic rings. The van der Waals surface area contributed by atoms with Crippen LogP contribution in [0.3, 0.4) is 0 Å². The summed E-state index contributed by atoms with van der Waals surface area (Å²) in [5, 5.41) is 0. The van der Waals surface area contributed by atoms with Crippen molar-refractivity contribution in [2.45, 2.75) is 13.5 Å². The van der Waals surface area contributed by atoms with Gasteiger partial charge in [-0.2, -0.15) is 0 Å². The topological polar surface area (TPSA) is 42.5 Å². The van der Waals surface area contributed by atoms with Gasteiger partial charge in [-0.1, -0.05) is 12.1 Å². The lowest BCUT2D eigenvalue weighted by molar-refractivity contribution is -0.693. The molecule has 4 aromatic rings. The van der Waals surface area contributed by atoms with E-state index in [-0.39, 0.29) is 0 Å². The van der Waals surface area contributed by atoms with Crippen molar-refractivity contribution in [1.29, 1.82) is 0 Å². The van der Waals surface area contributed by atoms with E-state index in [0.717, 1.165) is 40.4 Å². The van der Waals surface area contributed by atoms with Gasteiger partial charge in [-0.25, -0.2) is 9.55 Å². The lowest BCUT2D eigenvalue weighted by atomic mass is 10.0. The predicted molar refractivity (Wildman–Crippen MR) is 102 cm³/mol. The van der Waals surface area contributed by atoms with E-state index in [1.165, 1.54) is 0 Å². The van der Waals surface area contributed by atoms with Crippen LogP contribution in [0.15, 0.2) is 85.5 Å². The lowest BCUT2D eigenvalue weighted by Crippen LogP contribution is -2.30. The van der Waals surface area contributed by atoms with Gasteiger partial charge in [0.05, 0.1) is 22.8 Å². The molecule has 0 radical (unpaired) electrons. The lowest BCUT2D eigenvalue weighted by Gasteiger charge is -2.09. The summed E-state index contributed by atoms with van der Waals surface area (Å²) in [7, 11) is 0. The molecule has 4 heteroatoms. The number of pyridine rings is 4. The first kappa shape index (κ1) is 16.1. The minimum absolute atomic E-state index is 0.843. The van der Waals surface area contributed by atoms with E-state index in [4.69, 9.17) is 4.98 Å². The second kappa shape index (κ2) is 7.23. The van der Waals surface area contributed by atoms with Crippen LogP contribution in [-0.2, 0) is 6.54 Å². The maximum absolute atomic E-state index is 4.80. The van der Waals surface area contributed by atoms with Crippen LogP contribution in [0.1, 0.15) is 6.92 Å². The van der Waals surface area contributed by atoms with E-state index in [9.17, 15) is 0 Å². The molecular formula is C22H19N4+. The molecule has 0 saturated carbocycles. The highest BCUT2D eigenvalue weighted by Crippen LogP contribution is 2.28. The standard InChI is InChI=1S/C22H19N4/c1-2-26-13-9-17(10-14-26)18-15-21(19-7-3-5-11-23-19)25-22(16-18)20-8-4-6-12-24-20/h3-16H,2H2,1H3/q+1. The molecular weight excluding hydrogens is 320 g/mol. The fraction of sp³-hybridized carbons (Fsp3) is 0.0909. The molecule has 0 saturated heterocycles. The highest BCUT2D eigenvalue weighted by molar-refractivity contribution is 5.74. The summed E-state index contributed by atoms with van der Waals surface area (Å²) in [6, 6.07) is 20.1. The Balaban J connectivity index is 1.87. The SMILES string of the molecule is CC[n+]1ccc(-c2cc(-c3ccccn3)nc(-c3ccccn3)c2)cc1. The Morgan fingerprint density at radius 2 is 1.27 bits per heavy atom. The molecule has 4 rings (SSSR count). The zero-order valence-corrected chi connectivity index (χ0v) is 14.6. The smallest absolute Gasteiger partial charge is 0.169 e. The van der Waals surface area contributed by atoms with Crippen molar-refractivity contribution in [2.75, 3.05) is 0 Å². The van der Waals surface area contributed by atoms with Crippen molar-refractivity contribution in [3.05, 3.63) is 85.5 Å². The predicted octanol–water partition coefficient (Wildman–Crippen LogP) is 4.18. The van der Waals surface area contributed by atoms with Gasteiger partial charge >= 0.3 is 0 Å².